The second-order valence-corrected chi connectivity index (χ2v) is 7.88. The SMILES string of the molecule is CCCCCCCCCCCCCCCCC[C@@H]1CC[C@@H](CO)O1. The summed E-state index contributed by atoms with van der Waals surface area (Å²) in [5.41, 5.74) is 0. The molecular weight excluding hydrogens is 296 g/mol. The van der Waals surface area contributed by atoms with Crippen LogP contribution in [0.15, 0.2) is 0 Å². The molecule has 0 saturated carbocycles. The first-order valence-corrected chi connectivity index (χ1v) is 11.1. The molecule has 2 atom stereocenters. The van der Waals surface area contributed by atoms with E-state index in [0.29, 0.717) is 6.10 Å². The largest absolute Gasteiger partial charge is 0.394 e. The summed E-state index contributed by atoms with van der Waals surface area (Å²) in [6.45, 7) is 2.49. The summed E-state index contributed by atoms with van der Waals surface area (Å²) in [7, 11) is 0. The summed E-state index contributed by atoms with van der Waals surface area (Å²) in [5, 5.41) is 9.06. The minimum Gasteiger partial charge on any atom is -0.394 e. The van der Waals surface area contributed by atoms with Gasteiger partial charge in [-0.1, -0.05) is 103 Å². The van der Waals surface area contributed by atoms with E-state index in [1.807, 2.05) is 0 Å². The smallest absolute Gasteiger partial charge is 0.0810 e. The van der Waals surface area contributed by atoms with Gasteiger partial charge in [0.05, 0.1) is 18.8 Å². The molecule has 24 heavy (non-hydrogen) atoms. The predicted octanol–water partition coefficient (Wildman–Crippen LogP) is 6.79. The van der Waals surface area contributed by atoms with Crippen LogP contribution in [0.3, 0.4) is 0 Å². The number of unbranched alkanes of at least 4 members (excludes halogenated alkanes) is 14. The van der Waals surface area contributed by atoms with Crippen LogP contribution in [0, 0.1) is 0 Å². The molecule has 0 aromatic rings. The van der Waals surface area contributed by atoms with E-state index < -0.39 is 0 Å². The Morgan fingerprint density at radius 1 is 0.625 bits per heavy atom. The molecule has 1 aliphatic heterocycles. The van der Waals surface area contributed by atoms with Gasteiger partial charge in [0.2, 0.25) is 0 Å². The van der Waals surface area contributed by atoms with Gasteiger partial charge in [-0.15, -0.1) is 0 Å². The molecule has 0 aliphatic carbocycles. The van der Waals surface area contributed by atoms with Gasteiger partial charge in [-0.25, -0.2) is 0 Å². The van der Waals surface area contributed by atoms with Gasteiger partial charge in [-0.3, -0.25) is 0 Å². The lowest BCUT2D eigenvalue weighted by atomic mass is 10.0. The van der Waals surface area contributed by atoms with Crippen molar-refractivity contribution in [2.75, 3.05) is 6.61 Å². The maximum absolute atomic E-state index is 9.06. The summed E-state index contributed by atoms with van der Waals surface area (Å²) in [4.78, 5) is 0. The summed E-state index contributed by atoms with van der Waals surface area (Å²) < 4.78 is 5.78. The molecule has 0 aromatic heterocycles. The van der Waals surface area contributed by atoms with E-state index in [2.05, 4.69) is 6.92 Å². The van der Waals surface area contributed by atoms with E-state index in [1.54, 1.807) is 0 Å². The van der Waals surface area contributed by atoms with Crippen molar-refractivity contribution in [2.24, 2.45) is 0 Å². The first kappa shape index (κ1) is 22.0. The van der Waals surface area contributed by atoms with Gasteiger partial charge in [0.25, 0.3) is 0 Å². The molecule has 2 nitrogen and oxygen atoms in total. The third-order valence-corrected chi connectivity index (χ3v) is 5.53. The number of rotatable bonds is 17. The highest BCUT2D eigenvalue weighted by atomic mass is 16.5. The number of aliphatic hydroxyl groups is 1. The third kappa shape index (κ3) is 12.3. The fraction of sp³-hybridized carbons (Fsp3) is 1.00. The maximum atomic E-state index is 9.06. The Morgan fingerprint density at radius 3 is 1.46 bits per heavy atom. The lowest BCUT2D eigenvalue weighted by molar-refractivity contribution is 0.00758. The van der Waals surface area contributed by atoms with Crippen LogP contribution in [-0.2, 0) is 4.74 Å². The van der Waals surface area contributed by atoms with Crippen molar-refractivity contribution >= 4 is 0 Å². The molecule has 0 bridgehead atoms. The van der Waals surface area contributed by atoms with Gasteiger partial charge in [-0.2, -0.15) is 0 Å². The van der Waals surface area contributed by atoms with Crippen molar-refractivity contribution < 1.29 is 9.84 Å². The predicted molar refractivity (Wildman–Crippen MR) is 105 cm³/mol. The number of hydrogen-bond acceptors (Lipinski definition) is 2. The Hall–Kier alpha value is -0.0800. The highest BCUT2D eigenvalue weighted by Crippen LogP contribution is 2.24. The Morgan fingerprint density at radius 2 is 1.04 bits per heavy atom. The third-order valence-electron chi connectivity index (χ3n) is 5.53. The molecule has 2 heteroatoms. The van der Waals surface area contributed by atoms with Crippen molar-refractivity contribution in [3.63, 3.8) is 0 Å². The highest BCUT2D eigenvalue weighted by Gasteiger charge is 2.23. The monoisotopic (exact) mass is 340 g/mol. The second kappa shape index (κ2) is 16.4. The van der Waals surface area contributed by atoms with Crippen LogP contribution >= 0.6 is 0 Å². The minimum absolute atomic E-state index is 0.131. The average molecular weight is 341 g/mol. The second-order valence-electron chi connectivity index (χ2n) is 7.88. The lowest BCUT2D eigenvalue weighted by Crippen LogP contribution is -2.14. The highest BCUT2D eigenvalue weighted by molar-refractivity contribution is 4.72. The van der Waals surface area contributed by atoms with Crippen LogP contribution in [0.2, 0.25) is 0 Å². The zero-order valence-corrected chi connectivity index (χ0v) is 16.4. The van der Waals surface area contributed by atoms with Gasteiger partial charge >= 0.3 is 0 Å². The Bertz CT molecular complexity index is 254. The molecule has 1 heterocycles. The van der Waals surface area contributed by atoms with E-state index in [9.17, 15) is 0 Å². The van der Waals surface area contributed by atoms with Gasteiger partial charge in [-0.05, 0) is 19.3 Å². The molecule has 1 N–H and O–H groups in total. The molecule has 0 amide bonds. The Balaban J connectivity index is 1.69. The maximum Gasteiger partial charge on any atom is 0.0810 e. The summed E-state index contributed by atoms with van der Waals surface area (Å²) in [6, 6.07) is 0. The van der Waals surface area contributed by atoms with E-state index in [1.165, 1.54) is 103 Å². The molecule has 1 rings (SSSR count). The van der Waals surface area contributed by atoms with Gasteiger partial charge in [0.15, 0.2) is 0 Å². The van der Waals surface area contributed by atoms with Crippen molar-refractivity contribution in [3.8, 4) is 0 Å². The van der Waals surface area contributed by atoms with Crippen LogP contribution in [-0.4, -0.2) is 23.9 Å². The van der Waals surface area contributed by atoms with Crippen LogP contribution in [0.5, 0.6) is 0 Å². The zero-order chi connectivity index (χ0) is 17.3. The first-order valence-electron chi connectivity index (χ1n) is 11.1. The topological polar surface area (TPSA) is 29.5 Å². The van der Waals surface area contributed by atoms with Gasteiger partial charge in [0, 0.05) is 0 Å². The number of aliphatic hydroxyl groups excluding tert-OH is 1. The molecule has 144 valence electrons. The van der Waals surface area contributed by atoms with E-state index in [0.717, 1.165) is 12.8 Å². The van der Waals surface area contributed by atoms with Crippen LogP contribution in [0.25, 0.3) is 0 Å². The van der Waals surface area contributed by atoms with Crippen molar-refractivity contribution in [3.05, 3.63) is 0 Å². The minimum atomic E-state index is 0.131. The fourth-order valence-corrected chi connectivity index (χ4v) is 3.87. The molecule has 1 saturated heterocycles. The summed E-state index contributed by atoms with van der Waals surface area (Å²) >= 11 is 0. The van der Waals surface area contributed by atoms with Gasteiger partial charge in [0.1, 0.15) is 0 Å². The van der Waals surface area contributed by atoms with Crippen molar-refractivity contribution in [1.29, 1.82) is 0 Å². The fourth-order valence-electron chi connectivity index (χ4n) is 3.87. The number of ether oxygens (including phenoxy) is 1. The van der Waals surface area contributed by atoms with Crippen molar-refractivity contribution in [2.45, 2.75) is 135 Å². The molecule has 0 radical (unpaired) electrons. The molecule has 0 aromatic carbocycles. The normalized spacial score (nSPS) is 20.8. The van der Waals surface area contributed by atoms with E-state index in [4.69, 9.17) is 9.84 Å². The van der Waals surface area contributed by atoms with Crippen LogP contribution in [0.1, 0.15) is 122 Å². The summed E-state index contributed by atoms with van der Waals surface area (Å²) in [6.07, 6.45) is 25.3. The quantitative estimate of drug-likeness (QED) is 0.295. The molecule has 1 aliphatic rings. The zero-order valence-electron chi connectivity index (χ0n) is 16.4. The lowest BCUT2D eigenvalue weighted by Gasteiger charge is -2.11. The van der Waals surface area contributed by atoms with E-state index >= 15 is 0 Å². The molecule has 1 fully saturated rings. The Labute approximate surface area is 151 Å². The average Bonchev–Trinajstić information content (AvgIpc) is 3.06. The molecule has 0 spiro atoms. The van der Waals surface area contributed by atoms with E-state index in [-0.39, 0.29) is 12.7 Å². The summed E-state index contributed by atoms with van der Waals surface area (Å²) in [5.74, 6) is 0. The molecular formula is C22H44O2. The standard InChI is InChI=1S/C22H44O2/c1-2-3-4-5-6-7-8-9-10-11-12-13-14-15-16-17-21-18-19-22(20-23)24-21/h21-23H,2-20H2,1H3/t21-,22+/m1/s1. The van der Waals surface area contributed by atoms with Crippen LogP contribution in [0.4, 0.5) is 0 Å². The van der Waals surface area contributed by atoms with Crippen LogP contribution < -0.4 is 0 Å². The van der Waals surface area contributed by atoms with Gasteiger partial charge < -0.3 is 9.84 Å². The molecule has 0 unspecified atom stereocenters. The Kier molecular flexibility index (Phi) is 15.0. The van der Waals surface area contributed by atoms with Crippen molar-refractivity contribution in [1.82, 2.24) is 0 Å². The number of hydrogen-bond donors (Lipinski definition) is 1. The first-order chi connectivity index (χ1) is 11.9.